The van der Waals surface area contributed by atoms with Crippen LogP contribution in [-0.4, -0.2) is 29.0 Å². The van der Waals surface area contributed by atoms with Crippen LogP contribution in [0.15, 0.2) is 18.2 Å². The molecule has 1 rings (SSSR count). The van der Waals surface area contributed by atoms with Gasteiger partial charge in [-0.3, -0.25) is 4.79 Å². The second kappa shape index (κ2) is 5.21. The van der Waals surface area contributed by atoms with Crippen molar-refractivity contribution in [2.75, 3.05) is 7.05 Å². The lowest BCUT2D eigenvalue weighted by molar-refractivity contribution is 0.0740. The molecule has 1 aromatic rings. The summed E-state index contributed by atoms with van der Waals surface area (Å²) < 4.78 is 0. The first-order chi connectivity index (χ1) is 7.47. The Balaban J connectivity index is 2.92. The van der Waals surface area contributed by atoms with E-state index in [1.165, 1.54) is 12.1 Å². The minimum absolute atomic E-state index is 0.00981. The third-order valence-corrected chi connectivity index (χ3v) is 3.07. The highest BCUT2D eigenvalue weighted by molar-refractivity contribution is 6.32. The average Bonchev–Trinajstić information content (AvgIpc) is 2.29. The van der Waals surface area contributed by atoms with E-state index in [2.05, 4.69) is 0 Å². The van der Waals surface area contributed by atoms with Crippen LogP contribution in [-0.2, 0) is 0 Å². The fourth-order valence-electron chi connectivity index (χ4n) is 1.32. The number of phenols is 1. The molecule has 0 saturated heterocycles. The summed E-state index contributed by atoms with van der Waals surface area (Å²) in [4.78, 5) is 13.7. The number of phenolic OH excluding ortho intramolecular Hbond substituents is 1. The van der Waals surface area contributed by atoms with Gasteiger partial charge < -0.3 is 10.0 Å². The number of carbonyl (C=O) groups excluding carboxylic acids is 1. The summed E-state index contributed by atoms with van der Waals surface area (Å²) in [5, 5.41) is 9.46. The minimum Gasteiger partial charge on any atom is -0.506 e. The number of halogens is 1. The molecule has 88 valence electrons. The molecule has 1 atom stereocenters. The lowest BCUT2D eigenvalue weighted by Gasteiger charge is -2.23. The lowest BCUT2D eigenvalue weighted by atomic mass is 10.1. The zero-order valence-electron chi connectivity index (χ0n) is 9.70. The summed E-state index contributed by atoms with van der Waals surface area (Å²) in [5.74, 6) is -0.0966. The minimum atomic E-state index is -0.0868. The van der Waals surface area contributed by atoms with Gasteiger partial charge in [0, 0.05) is 18.7 Å². The van der Waals surface area contributed by atoms with Crippen molar-refractivity contribution in [2.24, 2.45) is 0 Å². The van der Waals surface area contributed by atoms with Crippen LogP contribution >= 0.6 is 11.6 Å². The maximum absolute atomic E-state index is 12.0. The van der Waals surface area contributed by atoms with Gasteiger partial charge in [-0.05, 0) is 31.5 Å². The highest BCUT2D eigenvalue weighted by Crippen LogP contribution is 2.24. The Morgan fingerprint density at radius 3 is 2.69 bits per heavy atom. The summed E-state index contributed by atoms with van der Waals surface area (Å²) in [6, 6.07) is 4.67. The molecule has 3 nitrogen and oxygen atoms in total. The summed E-state index contributed by atoms with van der Waals surface area (Å²) in [7, 11) is 1.76. The predicted octanol–water partition coefficient (Wildman–Crippen LogP) is 2.92. The molecular formula is C12H16ClNO2. The van der Waals surface area contributed by atoms with Gasteiger partial charge >= 0.3 is 0 Å². The summed E-state index contributed by atoms with van der Waals surface area (Å²) in [6.07, 6.45) is 0.897. The van der Waals surface area contributed by atoms with E-state index in [1.54, 1.807) is 18.0 Å². The van der Waals surface area contributed by atoms with Gasteiger partial charge in [-0.15, -0.1) is 0 Å². The molecule has 0 spiro atoms. The van der Waals surface area contributed by atoms with Crippen molar-refractivity contribution < 1.29 is 9.90 Å². The van der Waals surface area contributed by atoms with E-state index in [9.17, 15) is 9.90 Å². The standard InChI is InChI=1S/C12H16ClNO2/c1-4-8(2)14(3)12(16)9-5-6-11(15)10(13)7-9/h5-8,15H,4H2,1-3H3. The number of amides is 1. The van der Waals surface area contributed by atoms with E-state index in [0.717, 1.165) is 6.42 Å². The highest BCUT2D eigenvalue weighted by Gasteiger charge is 2.16. The summed E-state index contributed by atoms with van der Waals surface area (Å²) in [5.41, 5.74) is 0.491. The topological polar surface area (TPSA) is 40.5 Å². The van der Waals surface area contributed by atoms with Crippen molar-refractivity contribution in [3.05, 3.63) is 28.8 Å². The molecule has 1 aromatic carbocycles. The summed E-state index contributed by atoms with van der Waals surface area (Å²) >= 11 is 5.76. The molecular weight excluding hydrogens is 226 g/mol. The van der Waals surface area contributed by atoms with Crippen LogP contribution in [0.4, 0.5) is 0 Å². The monoisotopic (exact) mass is 241 g/mol. The van der Waals surface area contributed by atoms with Gasteiger partial charge in [-0.2, -0.15) is 0 Å². The van der Waals surface area contributed by atoms with Crippen LogP contribution in [0, 0.1) is 0 Å². The van der Waals surface area contributed by atoms with Crippen LogP contribution in [0.1, 0.15) is 30.6 Å². The number of carbonyl (C=O) groups is 1. The molecule has 16 heavy (non-hydrogen) atoms. The van der Waals surface area contributed by atoms with E-state index in [0.29, 0.717) is 5.56 Å². The fraction of sp³-hybridized carbons (Fsp3) is 0.417. The second-order valence-electron chi connectivity index (χ2n) is 3.84. The molecule has 0 aliphatic carbocycles. The maximum atomic E-state index is 12.0. The Bertz CT molecular complexity index is 393. The normalized spacial score (nSPS) is 12.2. The van der Waals surface area contributed by atoms with Gasteiger partial charge in [0.25, 0.3) is 5.91 Å². The van der Waals surface area contributed by atoms with Gasteiger partial charge in [0.05, 0.1) is 5.02 Å². The predicted molar refractivity (Wildman–Crippen MR) is 65.0 cm³/mol. The number of nitrogens with zero attached hydrogens (tertiary/aromatic N) is 1. The third kappa shape index (κ3) is 2.67. The molecule has 0 fully saturated rings. The number of rotatable bonds is 3. The van der Waals surface area contributed by atoms with E-state index in [4.69, 9.17) is 11.6 Å². The second-order valence-corrected chi connectivity index (χ2v) is 4.25. The van der Waals surface area contributed by atoms with E-state index < -0.39 is 0 Å². The Kier molecular flexibility index (Phi) is 4.19. The van der Waals surface area contributed by atoms with Gasteiger partial charge in [0.2, 0.25) is 0 Å². The first-order valence-corrected chi connectivity index (χ1v) is 5.60. The van der Waals surface area contributed by atoms with Crippen molar-refractivity contribution in [3.8, 4) is 5.75 Å². The Morgan fingerprint density at radius 2 is 2.19 bits per heavy atom. The number of aromatic hydroxyl groups is 1. The Morgan fingerprint density at radius 1 is 1.56 bits per heavy atom. The van der Waals surface area contributed by atoms with Gasteiger partial charge in [-0.25, -0.2) is 0 Å². The molecule has 1 amide bonds. The lowest BCUT2D eigenvalue weighted by Crippen LogP contribution is -2.34. The first kappa shape index (κ1) is 12.8. The first-order valence-electron chi connectivity index (χ1n) is 5.23. The number of benzene rings is 1. The Hall–Kier alpha value is -1.22. The number of hydrogen-bond acceptors (Lipinski definition) is 2. The van der Waals surface area contributed by atoms with Gasteiger partial charge in [-0.1, -0.05) is 18.5 Å². The maximum Gasteiger partial charge on any atom is 0.253 e. The van der Waals surface area contributed by atoms with Crippen LogP contribution in [0.5, 0.6) is 5.75 Å². The van der Waals surface area contributed by atoms with Crippen molar-refractivity contribution >= 4 is 17.5 Å². The molecule has 0 aliphatic rings. The van der Waals surface area contributed by atoms with Crippen LogP contribution in [0.3, 0.4) is 0 Å². The smallest absolute Gasteiger partial charge is 0.253 e. The molecule has 0 bridgehead atoms. The SMILES string of the molecule is CCC(C)N(C)C(=O)c1ccc(O)c(Cl)c1. The zero-order valence-corrected chi connectivity index (χ0v) is 10.5. The van der Waals surface area contributed by atoms with Crippen molar-refractivity contribution in [2.45, 2.75) is 26.3 Å². The fourth-order valence-corrected chi connectivity index (χ4v) is 1.50. The van der Waals surface area contributed by atoms with Gasteiger partial charge in [0.15, 0.2) is 0 Å². The molecule has 0 heterocycles. The molecule has 0 radical (unpaired) electrons. The molecule has 1 unspecified atom stereocenters. The third-order valence-electron chi connectivity index (χ3n) is 2.77. The van der Waals surface area contributed by atoms with Crippen molar-refractivity contribution in [1.82, 2.24) is 4.90 Å². The van der Waals surface area contributed by atoms with Gasteiger partial charge in [0.1, 0.15) is 5.75 Å². The molecule has 0 aromatic heterocycles. The van der Waals surface area contributed by atoms with Crippen molar-refractivity contribution in [1.29, 1.82) is 0 Å². The van der Waals surface area contributed by atoms with E-state index in [-0.39, 0.29) is 22.7 Å². The van der Waals surface area contributed by atoms with Crippen LogP contribution in [0.2, 0.25) is 5.02 Å². The molecule has 4 heteroatoms. The highest BCUT2D eigenvalue weighted by atomic mass is 35.5. The van der Waals surface area contributed by atoms with E-state index in [1.807, 2.05) is 13.8 Å². The molecule has 0 saturated carbocycles. The molecule has 0 aliphatic heterocycles. The summed E-state index contributed by atoms with van der Waals surface area (Å²) in [6.45, 7) is 4.01. The Labute approximate surface area is 101 Å². The van der Waals surface area contributed by atoms with Crippen LogP contribution in [0.25, 0.3) is 0 Å². The quantitative estimate of drug-likeness (QED) is 0.884. The number of hydrogen-bond donors (Lipinski definition) is 1. The molecule has 1 N–H and O–H groups in total. The van der Waals surface area contributed by atoms with Crippen molar-refractivity contribution in [3.63, 3.8) is 0 Å². The van der Waals surface area contributed by atoms with E-state index >= 15 is 0 Å². The van der Waals surface area contributed by atoms with Crippen LogP contribution < -0.4 is 0 Å². The largest absolute Gasteiger partial charge is 0.506 e. The zero-order chi connectivity index (χ0) is 12.3. The average molecular weight is 242 g/mol.